The van der Waals surface area contributed by atoms with Gasteiger partial charge in [-0.2, -0.15) is 0 Å². The van der Waals surface area contributed by atoms with E-state index in [0.717, 1.165) is 22.6 Å². The molecule has 0 fully saturated rings. The van der Waals surface area contributed by atoms with Gasteiger partial charge in [0.05, 0.1) is 5.56 Å². The largest absolute Gasteiger partial charge is 0.480 e. The van der Waals surface area contributed by atoms with Gasteiger partial charge >= 0.3 is 5.97 Å². The highest BCUT2D eigenvalue weighted by atomic mass is 16.4. The molecule has 1 unspecified atom stereocenters. The Labute approximate surface area is 129 Å². The molecule has 0 aliphatic heterocycles. The van der Waals surface area contributed by atoms with E-state index in [0.29, 0.717) is 5.56 Å². The zero-order chi connectivity index (χ0) is 16.4. The summed E-state index contributed by atoms with van der Waals surface area (Å²) in [5.41, 5.74) is 4.34. The zero-order valence-electron chi connectivity index (χ0n) is 13.2. The topological polar surface area (TPSA) is 71.3 Å². The Morgan fingerprint density at radius 3 is 2.41 bits per heavy atom. The summed E-state index contributed by atoms with van der Waals surface area (Å²) in [5.74, 6) is -1.43. The van der Waals surface area contributed by atoms with Crippen LogP contribution in [-0.2, 0) is 4.79 Å². The number of para-hydroxylation sites is 1. The molecule has 2 rings (SSSR count). The van der Waals surface area contributed by atoms with Crippen LogP contribution in [0.4, 0.5) is 0 Å². The maximum absolute atomic E-state index is 12.3. The summed E-state index contributed by atoms with van der Waals surface area (Å²) in [5, 5.41) is 11.4. The van der Waals surface area contributed by atoms with Gasteiger partial charge in [-0.3, -0.25) is 9.59 Å². The van der Waals surface area contributed by atoms with E-state index in [1.807, 2.05) is 49.6 Å². The summed E-state index contributed by atoms with van der Waals surface area (Å²) in [4.78, 5) is 23.1. The Balaban J connectivity index is 2.42. The number of aromatic nitrogens is 1. The summed E-state index contributed by atoms with van der Waals surface area (Å²) in [7, 11) is 0. The van der Waals surface area contributed by atoms with Gasteiger partial charge in [-0.15, -0.1) is 0 Å². The number of benzene rings is 1. The minimum absolute atomic E-state index is 0.372. The molecule has 0 saturated heterocycles. The van der Waals surface area contributed by atoms with Crippen LogP contribution >= 0.6 is 0 Å². The van der Waals surface area contributed by atoms with E-state index in [9.17, 15) is 9.59 Å². The van der Waals surface area contributed by atoms with E-state index in [1.165, 1.54) is 6.92 Å². The lowest BCUT2D eigenvalue weighted by Gasteiger charge is -2.13. The first kappa shape index (κ1) is 15.8. The van der Waals surface area contributed by atoms with Crippen LogP contribution in [0.2, 0.25) is 0 Å². The summed E-state index contributed by atoms with van der Waals surface area (Å²) in [6.45, 7) is 7.25. The van der Waals surface area contributed by atoms with Crippen molar-refractivity contribution in [3.63, 3.8) is 0 Å². The number of carbonyl (C=O) groups is 2. The van der Waals surface area contributed by atoms with Crippen molar-refractivity contribution in [2.45, 2.75) is 33.7 Å². The van der Waals surface area contributed by atoms with E-state index < -0.39 is 12.0 Å². The molecule has 1 heterocycles. The molecule has 0 bridgehead atoms. The van der Waals surface area contributed by atoms with Crippen molar-refractivity contribution in [2.24, 2.45) is 0 Å². The van der Waals surface area contributed by atoms with Gasteiger partial charge < -0.3 is 15.0 Å². The molecule has 0 aliphatic carbocycles. The Kier molecular flexibility index (Phi) is 4.35. The molecule has 116 valence electrons. The quantitative estimate of drug-likeness (QED) is 0.911. The molecular formula is C17H20N2O3. The van der Waals surface area contributed by atoms with Crippen molar-refractivity contribution < 1.29 is 14.7 Å². The molecule has 2 aromatic rings. The molecule has 0 saturated carbocycles. The molecule has 1 atom stereocenters. The van der Waals surface area contributed by atoms with Gasteiger partial charge in [-0.1, -0.05) is 18.2 Å². The Bertz CT molecular complexity index is 732. The van der Waals surface area contributed by atoms with Crippen molar-refractivity contribution in [3.05, 3.63) is 52.8 Å². The fourth-order valence-electron chi connectivity index (χ4n) is 2.51. The minimum Gasteiger partial charge on any atom is -0.480 e. The second kappa shape index (κ2) is 6.05. The Morgan fingerprint density at radius 1 is 1.18 bits per heavy atom. The van der Waals surface area contributed by atoms with E-state index in [2.05, 4.69) is 5.32 Å². The molecule has 1 aromatic carbocycles. The van der Waals surface area contributed by atoms with Crippen LogP contribution in [-0.4, -0.2) is 27.6 Å². The Morgan fingerprint density at radius 2 is 1.82 bits per heavy atom. The molecule has 0 radical (unpaired) electrons. The van der Waals surface area contributed by atoms with Gasteiger partial charge in [0.2, 0.25) is 0 Å². The average Bonchev–Trinajstić information content (AvgIpc) is 2.75. The maximum atomic E-state index is 12.3. The number of aryl methyl sites for hydroxylation is 2. The Hall–Kier alpha value is -2.56. The highest BCUT2D eigenvalue weighted by Gasteiger charge is 2.20. The van der Waals surface area contributed by atoms with Gasteiger partial charge in [0.15, 0.2) is 0 Å². The van der Waals surface area contributed by atoms with Crippen LogP contribution in [0.25, 0.3) is 5.69 Å². The van der Waals surface area contributed by atoms with Gasteiger partial charge in [0, 0.05) is 17.1 Å². The van der Waals surface area contributed by atoms with Crippen molar-refractivity contribution in [2.75, 3.05) is 0 Å². The van der Waals surface area contributed by atoms with Crippen molar-refractivity contribution >= 4 is 11.9 Å². The number of carboxylic acids is 1. The molecule has 5 heteroatoms. The molecule has 22 heavy (non-hydrogen) atoms. The van der Waals surface area contributed by atoms with Crippen molar-refractivity contribution in [3.8, 4) is 5.69 Å². The van der Waals surface area contributed by atoms with Gasteiger partial charge in [-0.05, 0) is 45.4 Å². The predicted molar refractivity (Wildman–Crippen MR) is 84.5 cm³/mol. The standard InChI is InChI=1S/C17H20N2O3/c1-10-7-5-6-8-15(10)19-11(2)9-14(13(19)4)16(20)18-12(3)17(21)22/h5-9,12H,1-4H3,(H,18,20)(H,21,22). The summed E-state index contributed by atoms with van der Waals surface area (Å²) in [6.07, 6.45) is 0. The number of nitrogens with one attached hydrogen (secondary N) is 1. The van der Waals surface area contributed by atoms with Crippen LogP contribution in [0, 0.1) is 20.8 Å². The second-order valence-electron chi connectivity index (χ2n) is 5.44. The predicted octanol–water partition coefficient (Wildman–Crippen LogP) is 2.61. The van der Waals surface area contributed by atoms with Gasteiger partial charge in [-0.25, -0.2) is 0 Å². The van der Waals surface area contributed by atoms with Gasteiger partial charge in [0.25, 0.3) is 5.91 Å². The maximum Gasteiger partial charge on any atom is 0.325 e. The smallest absolute Gasteiger partial charge is 0.325 e. The first-order valence-corrected chi connectivity index (χ1v) is 7.11. The first-order chi connectivity index (χ1) is 10.3. The second-order valence-corrected chi connectivity index (χ2v) is 5.44. The molecule has 1 amide bonds. The van der Waals surface area contributed by atoms with Crippen LogP contribution in [0.15, 0.2) is 30.3 Å². The lowest BCUT2D eigenvalue weighted by Crippen LogP contribution is -2.38. The fraction of sp³-hybridized carbons (Fsp3) is 0.294. The molecule has 2 N–H and O–H groups in total. The van der Waals surface area contributed by atoms with Crippen LogP contribution in [0.1, 0.15) is 34.2 Å². The zero-order valence-corrected chi connectivity index (χ0v) is 13.2. The van der Waals surface area contributed by atoms with E-state index in [1.54, 1.807) is 6.07 Å². The van der Waals surface area contributed by atoms with Crippen LogP contribution < -0.4 is 5.32 Å². The monoisotopic (exact) mass is 300 g/mol. The summed E-state index contributed by atoms with van der Waals surface area (Å²) in [6, 6.07) is 8.79. The van der Waals surface area contributed by atoms with E-state index in [4.69, 9.17) is 5.11 Å². The number of aliphatic carboxylic acids is 1. The number of amides is 1. The third-order valence-electron chi connectivity index (χ3n) is 3.75. The molecule has 5 nitrogen and oxygen atoms in total. The number of nitrogens with zero attached hydrogens (tertiary/aromatic N) is 1. The van der Waals surface area contributed by atoms with Crippen LogP contribution in [0.5, 0.6) is 0 Å². The van der Waals surface area contributed by atoms with E-state index >= 15 is 0 Å². The average molecular weight is 300 g/mol. The fourth-order valence-corrected chi connectivity index (χ4v) is 2.51. The van der Waals surface area contributed by atoms with Crippen LogP contribution in [0.3, 0.4) is 0 Å². The number of carbonyl (C=O) groups excluding carboxylic acids is 1. The highest BCUT2D eigenvalue weighted by molar-refractivity contribution is 5.98. The third-order valence-corrected chi connectivity index (χ3v) is 3.75. The molecular weight excluding hydrogens is 280 g/mol. The minimum atomic E-state index is -1.05. The third kappa shape index (κ3) is 2.88. The lowest BCUT2D eigenvalue weighted by atomic mass is 10.2. The number of rotatable bonds is 4. The van der Waals surface area contributed by atoms with Gasteiger partial charge in [0.1, 0.15) is 6.04 Å². The number of hydrogen-bond acceptors (Lipinski definition) is 2. The summed E-state index contributed by atoms with van der Waals surface area (Å²) < 4.78 is 2.01. The first-order valence-electron chi connectivity index (χ1n) is 7.11. The highest BCUT2D eigenvalue weighted by Crippen LogP contribution is 2.23. The molecule has 0 spiro atoms. The van der Waals surface area contributed by atoms with E-state index in [-0.39, 0.29) is 5.91 Å². The van der Waals surface area contributed by atoms with Crippen molar-refractivity contribution in [1.82, 2.24) is 9.88 Å². The number of carboxylic acid groups (broad SMARTS) is 1. The number of hydrogen-bond donors (Lipinski definition) is 2. The van der Waals surface area contributed by atoms with Crippen molar-refractivity contribution in [1.29, 1.82) is 0 Å². The SMILES string of the molecule is Cc1ccccc1-n1c(C)cc(C(=O)NC(C)C(=O)O)c1C. The normalized spacial score (nSPS) is 12.0. The molecule has 0 aliphatic rings. The molecule has 1 aromatic heterocycles. The lowest BCUT2D eigenvalue weighted by molar-refractivity contribution is -0.138. The summed E-state index contributed by atoms with van der Waals surface area (Å²) >= 11 is 0.